The molecule has 0 spiro atoms. The van der Waals surface area contributed by atoms with Gasteiger partial charge in [0.05, 0.1) is 12.1 Å². The van der Waals surface area contributed by atoms with E-state index in [0.29, 0.717) is 39.0 Å². The maximum Gasteiger partial charge on any atom is 0.410 e. The molecule has 2 N–H and O–H groups in total. The van der Waals surface area contributed by atoms with E-state index in [-0.39, 0.29) is 23.3 Å². The van der Waals surface area contributed by atoms with Gasteiger partial charge in [0, 0.05) is 49.4 Å². The van der Waals surface area contributed by atoms with Crippen molar-refractivity contribution in [3.05, 3.63) is 142 Å². The molecule has 8 rings (SSSR count). The Morgan fingerprint density at radius 2 is 1.00 bits per heavy atom. The predicted molar refractivity (Wildman–Crippen MR) is 186 cm³/mol. The van der Waals surface area contributed by atoms with Crippen LogP contribution in [0.15, 0.2) is 84.9 Å². The molecule has 0 unspecified atom stereocenters. The highest BCUT2D eigenvalue weighted by Crippen LogP contribution is 2.38. The highest BCUT2D eigenvalue weighted by atomic mass is 19.1. The van der Waals surface area contributed by atoms with Crippen LogP contribution in [0.5, 0.6) is 0 Å². The molecule has 4 aliphatic rings. The van der Waals surface area contributed by atoms with E-state index in [1.165, 1.54) is 24.3 Å². The van der Waals surface area contributed by atoms with Crippen molar-refractivity contribution in [1.82, 2.24) is 20.4 Å². The lowest BCUT2D eigenvalue weighted by Crippen LogP contribution is -2.42. The molecule has 2 saturated heterocycles. The average molecular weight is 717 g/mol. The van der Waals surface area contributed by atoms with Crippen LogP contribution in [0, 0.1) is 23.3 Å². The molecule has 2 fully saturated rings. The molecular weight excluding hydrogens is 676 g/mol. The number of ether oxygens (including phenoxy) is 2. The standard InChI is InChI=1S/2C20H20F2N2O2/c2*21-14-5-6-17(18(22)11-14)19-16-4-2-1-3-13(16)8-10-24(19)20(25)26-15-7-9-23-12-15/h2*1-6,11,15,19,23H,7-10,12H2/t15-,19+;15-,19-/m11/s1. The number of nitrogens with one attached hydrogen (secondary N) is 2. The number of rotatable bonds is 4. The second kappa shape index (κ2) is 15.7. The van der Waals surface area contributed by atoms with Gasteiger partial charge in [0.1, 0.15) is 35.5 Å². The van der Waals surface area contributed by atoms with Crippen LogP contribution >= 0.6 is 0 Å². The molecule has 4 aromatic rings. The molecule has 0 radical (unpaired) electrons. The summed E-state index contributed by atoms with van der Waals surface area (Å²) in [6, 6.07) is 21.1. The van der Waals surface area contributed by atoms with Gasteiger partial charge < -0.3 is 20.1 Å². The van der Waals surface area contributed by atoms with Gasteiger partial charge in [-0.2, -0.15) is 0 Å². The fourth-order valence-corrected chi connectivity index (χ4v) is 7.52. The summed E-state index contributed by atoms with van der Waals surface area (Å²) in [5, 5.41) is 6.31. The van der Waals surface area contributed by atoms with E-state index >= 15 is 0 Å². The summed E-state index contributed by atoms with van der Waals surface area (Å²) in [5.74, 6) is -2.60. The van der Waals surface area contributed by atoms with E-state index < -0.39 is 47.5 Å². The van der Waals surface area contributed by atoms with E-state index in [1.807, 2.05) is 48.5 Å². The lowest BCUT2D eigenvalue weighted by Gasteiger charge is -2.37. The van der Waals surface area contributed by atoms with Crippen molar-refractivity contribution in [3.63, 3.8) is 0 Å². The zero-order valence-corrected chi connectivity index (χ0v) is 28.5. The zero-order chi connectivity index (χ0) is 36.2. The average Bonchev–Trinajstić information content (AvgIpc) is 3.86. The number of halogens is 4. The van der Waals surface area contributed by atoms with Crippen molar-refractivity contribution < 1.29 is 36.6 Å². The molecule has 2 amide bonds. The second-order valence-electron chi connectivity index (χ2n) is 13.4. The van der Waals surface area contributed by atoms with Gasteiger partial charge in [-0.15, -0.1) is 0 Å². The van der Waals surface area contributed by atoms with E-state index in [1.54, 1.807) is 9.80 Å². The smallest absolute Gasteiger partial charge is 0.410 e. The van der Waals surface area contributed by atoms with Gasteiger partial charge in [-0.1, -0.05) is 60.7 Å². The highest BCUT2D eigenvalue weighted by molar-refractivity contribution is 5.71. The van der Waals surface area contributed by atoms with Crippen LogP contribution in [0.1, 0.15) is 58.3 Å². The molecule has 12 heteroatoms. The minimum absolute atomic E-state index is 0.168. The van der Waals surface area contributed by atoms with E-state index in [4.69, 9.17) is 9.47 Å². The topological polar surface area (TPSA) is 83.1 Å². The van der Waals surface area contributed by atoms with Gasteiger partial charge in [0.15, 0.2) is 0 Å². The summed E-state index contributed by atoms with van der Waals surface area (Å²) in [6.45, 7) is 3.75. The lowest BCUT2D eigenvalue weighted by atomic mass is 9.88. The molecular formula is C40H40F4N4O4. The Morgan fingerprint density at radius 1 is 0.577 bits per heavy atom. The summed E-state index contributed by atoms with van der Waals surface area (Å²) in [7, 11) is 0. The van der Waals surface area contributed by atoms with Crippen molar-refractivity contribution in [2.75, 3.05) is 39.3 Å². The Kier molecular flexibility index (Phi) is 10.7. The first kappa shape index (κ1) is 35.5. The van der Waals surface area contributed by atoms with Crippen LogP contribution < -0.4 is 10.6 Å². The highest BCUT2D eigenvalue weighted by Gasteiger charge is 2.37. The molecule has 4 aromatic carbocycles. The molecule has 4 heterocycles. The summed E-state index contributed by atoms with van der Waals surface area (Å²) in [5.41, 5.74) is 4.39. The summed E-state index contributed by atoms with van der Waals surface area (Å²) >= 11 is 0. The first-order valence-electron chi connectivity index (χ1n) is 17.7. The third kappa shape index (κ3) is 7.63. The minimum atomic E-state index is -0.660. The molecule has 0 bridgehead atoms. The Bertz CT molecular complexity index is 1780. The monoisotopic (exact) mass is 716 g/mol. The predicted octanol–water partition coefficient (Wildman–Crippen LogP) is 6.82. The Hall–Kier alpha value is -4.94. The van der Waals surface area contributed by atoms with Crippen molar-refractivity contribution in [2.45, 2.75) is 50.0 Å². The third-order valence-electron chi connectivity index (χ3n) is 10.1. The summed E-state index contributed by atoms with van der Waals surface area (Å²) < 4.78 is 67.1. The Labute approximate surface area is 299 Å². The number of benzene rings is 4. The first-order valence-corrected chi connectivity index (χ1v) is 17.7. The Morgan fingerprint density at radius 3 is 1.38 bits per heavy atom. The number of nitrogens with zero attached hydrogens (tertiary/aromatic N) is 2. The van der Waals surface area contributed by atoms with Crippen molar-refractivity contribution in [1.29, 1.82) is 0 Å². The van der Waals surface area contributed by atoms with E-state index in [0.717, 1.165) is 60.3 Å². The number of amides is 2. The number of fused-ring (bicyclic) bond motifs is 2. The van der Waals surface area contributed by atoms with Gasteiger partial charge in [-0.05, 0) is 73.2 Å². The molecule has 0 aliphatic carbocycles. The normalized spacial score (nSPS) is 22.2. The summed E-state index contributed by atoms with van der Waals surface area (Å²) in [4.78, 5) is 28.7. The Balaban J connectivity index is 0.000000162. The quantitative estimate of drug-likeness (QED) is 0.226. The SMILES string of the molecule is O=C(O[C@@H]1CCNC1)N1CCc2ccccc2[C@@H]1c1ccc(F)cc1F.O=C(O[C@@H]1CCNC1)N1CCc2ccccc2[C@H]1c1ccc(F)cc1F. The summed E-state index contributed by atoms with van der Waals surface area (Å²) in [6.07, 6.45) is 1.64. The van der Waals surface area contributed by atoms with Crippen molar-refractivity contribution in [3.8, 4) is 0 Å². The van der Waals surface area contributed by atoms with Crippen molar-refractivity contribution in [2.24, 2.45) is 0 Å². The third-order valence-corrected chi connectivity index (χ3v) is 10.1. The van der Waals surface area contributed by atoms with Gasteiger partial charge in [0.2, 0.25) is 0 Å². The van der Waals surface area contributed by atoms with E-state index in [9.17, 15) is 27.2 Å². The zero-order valence-electron chi connectivity index (χ0n) is 28.5. The largest absolute Gasteiger partial charge is 0.445 e. The molecule has 4 atom stereocenters. The van der Waals surface area contributed by atoms with Crippen LogP contribution in [0.4, 0.5) is 27.2 Å². The first-order chi connectivity index (χ1) is 25.3. The van der Waals surface area contributed by atoms with Crippen LogP contribution in [-0.4, -0.2) is 73.5 Å². The van der Waals surface area contributed by atoms with Crippen LogP contribution in [0.2, 0.25) is 0 Å². The van der Waals surface area contributed by atoms with Gasteiger partial charge in [-0.25, -0.2) is 27.2 Å². The number of carbonyl (C=O) groups is 2. The minimum Gasteiger partial charge on any atom is -0.445 e. The van der Waals surface area contributed by atoms with Crippen LogP contribution in [0.3, 0.4) is 0 Å². The maximum atomic E-state index is 14.5. The number of hydrogen-bond acceptors (Lipinski definition) is 6. The molecule has 52 heavy (non-hydrogen) atoms. The van der Waals surface area contributed by atoms with Gasteiger partial charge in [0.25, 0.3) is 0 Å². The molecule has 4 aliphatic heterocycles. The molecule has 0 saturated carbocycles. The fraction of sp³-hybridized carbons (Fsp3) is 0.350. The van der Waals surface area contributed by atoms with Crippen LogP contribution in [-0.2, 0) is 22.3 Å². The molecule has 272 valence electrons. The van der Waals surface area contributed by atoms with Crippen LogP contribution in [0.25, 0.3) is 0 Å². The van der Waals surface area contributed by atoms with Crippen molar-refractivity contribution >= 4 is 12.2 Å². The number of carbonyl (C=O) groups excluding carboxylic acids is 2. The van der Waals surface area contributed by atoms with Gasteiger partial charge >= 0.3 is 12.2 Å². The van der Waals surface area contributed by atoms with Gasteiger partial charge in [-0.3, -0.25) is 9.80 Å². The molecule has 0 aromatic heterocycles. The van der Waals surface area contributed by atoms with E-state index in [2.05, 4.69) is 10.6 Å². The maximum absolute atomic E-state index is 14.5. The second-order valence-corrected chi connectivity index (χ2v) is 13.4. The fourth-order valence-electron chi connectivity index (χ4n) is 7.52. The lowest BCUT2D eigenvalue weighted by molar-refractivity contribution is 0.0589. The molecule has 8 nitrogen and oxygen atoms in total. The number of hydrogen-bond donors (Lipinski definition) is 2.